The summed E-state index contributed by atoms with van der Waals surface area (Å²) in [7, 11) is 3.49. The number of hydrogen-bond donors (Lipinski definition) is 1. The average Bonchev–Trinajstić information content (AvgIpc) is 2.46. The van der Waals surface area contributed by atoms with Crippen molar-refractivity contribution in [2.24, 2.45) is 0 Å². The predicted molar refractivity (Wildman–Crippen MR) is 87.7 cm³/mol. The number of thioether (sulfide) groups is 2. The van der Waals surface area contributed by atoms with Crippen LogP contribution in [-0.4, -0.2) is 42.2 Å². The van der Waals surface area contributed by atoms with Crippen LogP contribution in [0, 0.1) is 5.82 Å². The lowest BCUT2D eigenvalue weighted by Gasteiger charge is -2.34. The Bertz CT molecular complexity index is 444. The Morgan fingerprint density at radius 3 is 2.75 bits per heavy atom. The summed E-state index contributed by atoms with van der Waals surface area (Å²) >= 11 is 4.07. The number of likely N-dealkylation sites (N-methyl/N-ethyl adjacent to an activating group) is 1. The van der Waals surface area contributed by atoms with Crippen LogP contribution >= 0.6 is 23.5 Å². The second-order valence-electron chi connectivity index (χ2n) is 4.98. The van der Waals surface area contributed by atoms with Gasteiger partial charge in [0.05, 0.1) is 7.11 Å². The van der Waals surface area contributed by atoms with E-state index in [4.69, 9.17) is 4.74 Å². The van der Waals surface area contributed by atoms with Gasteiger partial charge in [0.1, 0.15) is 0 Å². The normalized spacial score (nSPS) is 24.4. The molecule has 1 N–H and O–H groups in total. The van der Waals surface area contributed by atoms with Crippen LogP contribution in [0.5, 0.6) is 5.75 Å². The van der Waals surface area contributed by atoms with Crippen LogP contribution in [0.3, 0.4) is 0 Å². The summed E-state index contributed by atoms with van der Waals surface area (Å²) in [6.07, 6.45) is 0.847. The Morgan fingerprint density at radius 2 is 2.15 bits per heavy atom. The van der Waals surface area contributed by atoms with Gasteiger partial charge < -0.3 is 10.1 Å². The molecule has 112 valence electrons. The van der Waals surface area contributed by atoms with Gasteiger partial charge in [-0.15, -0.1) is 0 Å². The maximum atomic E-state index is 13.8. The number of halogens is 1. The fourth-order valence-corrected chi connectivity index (χ4v) is 5.57. The van der Waals surface area contributed by atoms with Gasteiger partial charge >= 0.3 is 0 Å². The molecule has 0 spiro atoms. The number of methoxy groups -OCH3 is 1. The highest BCUT2D eigenvalue weighted by molar-refractivity contribution is 8.07. The van der Waals surface area contributed by atoms with E-state index in [0.717, 1.165) is 12.0 Å². The first kappa shape index (κ1) is 16.0. The van der Waals surface area contributed by atoms with Crippen LogP contribution in [0.2, 0.25) is 0 Å². The zero-order chi connectivity index (χ0) is 14.5. The molecule has 0 bridgehead atoms. The van der Waals surface area contributed by atoms with Gasteiger partial charge in [-0.3, -0.25) is 0 Å². The molecule has 0 saturated carbocycles. The van der Waals surface area contributed by atoms with Gasteiger partial charge in [0.2, 0.25) is 0 Å². The van der Waals surface area contributed by atoms with Crippen LogP contribution in [-0.2, 0) is 6.42 Å². The minimum atomic E-state index is -0.279. The van der Waals surface area contributed by atoms with E-state index in [-0.39, 0.29) is 5.82 Å². The van der Waals surface area contributed by atoms with Gasteiger partial charge in [0.15, 0.2) is 11.6 Å². The quantitative estimate of drug-likeness (QED) is 0.900. The van der Waals surface area contributed by atoms with Gasteiger partial charge in [0.25, 0.3) is 0 Å². The van der Waals surface area contributed by atoms with Crippen molar-refractivity contribution in [1.29, 1.82) is 0 Å². The molecular formula is C15H22FNOS2. The predicted octanol–water partition coefficient (Wildman–Crippen LogP) is 3.20. The van der Waals surface area contributed by atoms with Gasteiger partial charge in [-0.1, -0.05) is 13.0 Å². The molecule has 2 rings (SSSR count). The number of rotatable bonds is 5. The molecule has 3 unspecified atom stereocenters. The van der Waals surface area contributed by atoms with E-state index in [0.29, 0.717) is 22.3 Å². The van der Waals surface area contributed by atoms with Gasteiger partial charge in [-0.25, -0.2) is 4.39 Å². The molecule has 1 saturated heterocycles. The smallest absolute Gasteiger partial charge is 0.165 e. The van der Waals surface area contributed by atoms with Crippen molar-refractivity contribution in [3.63, 3.8) is 0 Å². The van der Waals surface area contributed by atoms with Crippen molar-refractivity contribution in [1.82, 2.24) is 5.32 Å². The third-order valence-corrected chi connectivity index (χ3v) is 6.93. The van der Waals surface area contributed by atoms with Crippen molar-refractivity contribution < 1.29 is 9.13 Å². The summed E-state index contributed by atoms with van der Waals surface area (Å²) in [5.41, 5.74) is 1.02. The second kappa shape index (κ2) is 7.57. The van der Waals surface area contributed by atoms with Crippen LogP contribution in [0.15, 0.2) is 18.2 Å². The van der Waals surface area contributed by atoms with Crippen molar-refractivity contribution in [3.8, 4) is 5.75 Å². The maximum Gasteiger partial charge on any atom is 0.165 e. The largest absolute Gasteiger partial charge is 0.494 e. The van der Waals surface area contributed by atoms with E-state index in [1.165, 1.54) is 18.6 Å². The molecule has 1 aliphatic rings. The molecule has 0 aliphatic carbocycles. The van der Waals surface area contributed by atoms with E-state index >= 15 is 0 Å². The molecule has 20 heavy (non-hydrogen) atoms. The number of hydrogen-bond acceptors (Lipinski definition) is 4. The number of ether oxygens (including phenoxy) is 1. The lowest BCUT2D eigenvalue weighted by molar-refractivity contribution is 0.386. The first-order valence-corrected chi connectivity index (χ1v) is 8.98. The zero-order valence-electron chi connectivity index (χ0n) is 12.2. The molecular weight excluding hydrogens is 293 g/mol. The fraction of sp³-hybridized carbons (Fsp3) is 0.600. The first-order chi connectivity index (χ1) is 9.65. The Hall–Kier alpha value is -0.390. The molecule has 1 aliphatic heterocycles. The lowest BCUT2D eigenvalue weighted by atomic mass is 10.0. The summed E-state index contributed by atoms with van der Waals surface area (Å²) in [5.74, 6) is 2.47. The van der Waals surface area contributed by atoms with E-state index in [2.05, 4.69) is 12.2 Å². The zero-order valence-corrected chi connectivity index (χ0v) is 13.8. The van der Waals surface area contributed by atoms with Crippen LogP contribution in [0.4, 0.5) is 4.39 Å². The van der Waals surface area contributed by atoms with E-state index in [1.807, 2.05) is 36.6 Å². The maximum absolute atomic E-state index is 13.8. The molecule has 0 aromatic heterocycles. The average molecular weight is 315 g/mol. The van der Waals surface area contributed by atoms with Crippen molar-refractivity contribution >= 4 is 23.5 Å². The molecule has 1 fully saturated rings. The standard InChI is InChI=1S/C15H22FNOS2/c1-10-15(20-7-6-19-10)13(17-2)9-11-4-5-14(18-3)12(16)8-11/h4-5,8,10,13,15,17H,6-7,9H2,1-3H3. The molecule has 1 aromatic carbocycles. The topological polar surface area (TPSA) is 21.3 Å². The van der Waals surface area contributed by atoms with Gasteiger partial charge in [-0.05, 0) is 31.2 Å². The van der Waals surface area contributed by atoms with Crippen molar-refractivity contribution in [2.75, 3.05) is 25.7 Å². The third-order valence-electron chi connectivity index (χ3n) is 3.68. The molecule has 2 nitrogen and oxygen atoms in total. The second-order valence-corrected chi connectivity index (χ2v) is 7.75. The van der Waals surface area contributed by atoms with Crippen molar-refractivity contribution in [2.45, 2.75) is 29.9 Å². The highest BCUT2D eigenvalue weighted by Crippen LogP contribution is 2.34. The summed E-state index contributed by atoms with van der Waals surface area (Å²) in [6.45, 7) is 2.29. The number of nitrogens with one attached hydrogen (secondary N) is 1. The van der Waals surface area contributed by atoms with Crippen LogP contribution in [0.25, 0.3) is 0 Å². The molecule has 0 radical (unpaired) electrons. The molecule has 0 amide bonds. The molecule has 3 atom stereocenters. The minimum absolute atomic E-state index is 0.279. The van der Waals surface area contributed by atoms with Crippen LogP contribution < -0.4 is 10.1 Å². The monoisotopic (exact) mass is 315 g/mol. The van der Waals surface area contributed by atoms with E-state index < -0.39 is 0 Å². The van der Waals surface area contributed by atoms with Crippen LogP contribution in [0.1, 0.15) is 12.5 Å². The summed E-state index contributed by atoms with van der Waals surface area (Å²) in [4.78, 5) is 0. The summed E-state index contributed by atoms with van der Waals surface area (Å²) in [5, 5.41) is 4.62. The Kier molecular flexibility index (Phi) is 6.05. The van der Waals surface area contributed by atoms with E-state index in [1.54, 1.807) is 12.1 Å². The summed E-state index contributed by atoms with van der Waals surface area (Å²) in [6, 6.07) is 5.63. The first-order valence-electron chi connectivity index (χ1n) is 6.88. The minimum Gasteiger partial charge on any atom is -0.494 e. The summed E-state index contributed by atoms with van der Waals surface area (Å²) < 4.78 is 18.7. The molecule has 1 aromatic rings. The molecule has 5 heteroatoms. The highest BCUT2D eigenvalue weighted by atomic mass is 32.2. The lowest BCUT2D eigenvalue weighted by Crippen LogP contribution is -2.44. The van der Waals surface area contributed by atoms with Crippen molar-refractivity contribution in [3.05, 3.63) is 29.6 Å². The van der Waals surface area contributed by atoms with E-state index in [9.17, 15) is 4.39 Å². The Balaban J connectivity index is 2.07. The number of benzene rings is 1. The van der Waals surface area contributed by atoms with Gasteiger partial charge in [0, 0.05) is 28.0 Å². The SMILES string of the molecule is CNC(Cc1ccc(OC)c(F)c1)C1SCCSC1C. The highest BCUT2D eigenvalue weighted by Gasteiger charge is 2.29. The Labute approximate surface area is 129 Å². The fourth-order valence-electron chi connectivity index (χ4n) is 2.57. The third kappa shape index (κ3) is 3.83. The van der Waals surface area contributed by atoms with Gasteiger partial charge in [-0.2, -0.15) is 23.5 Å². The Morgan fingerprint density at radius 1 is 1.40 bits per heavy atom. The molecule has 1 heterocycles.